The van der Waals surface area contributed by atoms with E-state index in [-0.39, 0.29) is 5.54 Å². The minimum absolute atomic E-state index is 0.0864. The van der Waals surface area contributed by atoms with Crippen LogP contribution in [0.25, 0.3) is 0 Å². The molecule has 102 valence electrons. The van der Waals surface area contributed by atoms with Gasteiger partial charge >= 0.3 is 0 Å². The fourth-order valence-electron chi connectivity index (χ4n) is 2.46. The molecule has 2 rings (SSSR count). The largest absolute Gasteiger partial charge is 0.326 e. The monoisotopic (exact) mass is 267 g/mol. The fraction of sp³-hybridized carbons (Fsp3) is 0.786. The predicted octanol–water partition coefficient (Wildman–Crippen LogP) is 2.62. The van der Waals surface area contributed by atoms with Gasteiger partial charge in [-0.2, -0.15) is 0 Å². The molecule has 0 aromatic carbocycles. The first kappa shape index (κ1) is 14.0. The van der Waals surface area contributed by atoms with E-state index in [0.717, 1.165) is 19.4 Å². The van der Waals surface area contributed by atoms with Crippen molar-refractivity contribution in [2.75, 3.05) is 20.1 Å². The molecule has 0 radical (unpaired) electrons. The molecule has 1 aromatic rings. The number of rotatable bonds is 4. The molecule has 4 heteroatoms. The lowest BCUT2D eigenvalue weighted by molar-refractivity contribution is 0.248. The van der Waals surface area contributed by atoms with Gasteiger partial charge in [-0.25, -0.2) is 4.98 Å². The lowest BCUT2D eigenvalue weighted by Crippen LogP contribution is -2.32. The molecule has 1 aromatic heterocycles. The first-order chi connectivity index (χ1) is 8.44. The Morgan fingerprint density at radius 1 is 1.56 bits per heavy atom. The number of likely N-dealkylation sites (N-methyl/N-ethyl adjacent to an activating group) is 1. The smallest absolute Gasteiger partial charge is 0.0929 e. The summed E-state index contributed by atoms with van der Waals surface area (Å²) in [6, 6.07) is 0. The van der Waals surface area contributed by atoms with Crippen LogP contribution < -0.4 is 5.73 Å². The van der Waals surface area contributed by atoms with Crippen LogP contribution in [0.4, 0.5) is 0 Å². The molecular formula is C14H25N3S. The summed E-state index contributed by atoms with van der Waals surface area (Å²) in [4.78, 5) is 7.22. The van der Waals surface area contributed by atoms with Gasteiger partial charge in [0.25, 0.3) is 0 Å². The van der Waals surface area contributed by atoms with E-state index < -0.39 is 0 Å². The second-order valence-electron chi connectivity index (χ2n) is 6.26. The van der Waals surface area contributed by atoms with Crippen molar-refractivity contribution in [1.29, 1.82) is 0 Å². The second-order valence-corrected chi connectivity index (χ2v) is 7.20. The van der Waals surface area contributed by atoms with Gasteiger partial charge in [0.05, 0.1) is 10.7 Å². The maximum atomic E-state index is 6.02. The second kappa shape index (κ2) is 5.68. The third-order valence-corrected chi connectivity index (χ3v) is 4.52. The molecule has 1 unspecified atom stereocenters. The molecule has 1 aliphatic heterocycles. The summed E-state index contributed by atoms with van der Waals surface area (Å²) in [6.45, 7) is 6.55. The lowest BCUT2D eigenvalue weighted by Gasteiger charge is -2.28. The standard InChI is InChI=1S/C14H25N3S/c1-14(2,15)7-6-13-16-12(10-18-13)11-5-4-8-17(3)9-11/h10-11H,4-9,15H2,1-3H3. The van der Waals surface area contributed by atoms with Gasteiger partial charge < -0.3 is 10.6 Å². The number of aryl methyl sites for hydroxylation is 1. The molecular weight excluding hydrogens is 242 g/mol. The summed E-state index contributed by atoms with van der Waals surface area (Å²) in [5.41, 5.74) is 7.24. The highest BCUT2D eigenvalue weighted by molar-refractivity contribution is 7.09. The van der Waals surface area contributed by atoms with Crippen LogP contribution in [0.15, 0.2) is 5.38 Å². The molecule has 0 aliphatic carbocycles. The number of aromatic nitrogens is 1. The van der Waals surface area contributed by atoms with Crippen molar-refractivity contribution in [3.8, 4) is 0 Å². The van der Waals surface area contributed by atoms with Crippen molar-refractivity contribution in [3.63, 3.8) is 0 Å². The quantitative estimate of drug-likeness (QED) is 0.912. The Bertz CT molecular complexity index is 381. The van der Waals surface area contributed by atoms with E-state index >= 15 is 0 Å². The van der Waals surface area contributed by atoms with Crippen LogP contribution in [-0.4, -0.2) is 35.6 Å². The van der Waals surface area contributed by atoms with Gasteiger partial charge in [0.2, 0.25) is 0 Å². The Morgan fingerprint density at radius 2 is 2.33 bits per heavy atom. The zero-order chi connectivity index (χ0) is 13.2. The van der Waals surface area contributed by atoms with Crippen LogP contribution in [0.2, 0.25) is 0 Å². The van der Waals surface area contributed by atoms with Crippen molar-refractivity contribution in [2.45, 2.75) is 51.0 Å². The molecule has 1 fully saturated rings. The minimum Gasteiger partial charge on any atom is -0.326 e. The highest BCUT2D eigenvalue weighted by Crippen LogP contribution is 2.27. The Labute approximate surface area is 114 Å². The highest BCUT2D eigenvalue weighted by atomic mass is 32.1. The number of piperidine rings is 1. The summed E-state index contributed by atoms with van der Waals surface area (Å²) in [6.07, 6.45) is 4.60. The van der Waals surface area contributed by atoms with Crippen molar-refractivity contribution >= 4 is 11.3 Å². The van der Waals surface area contributed by atoms with E-state index in [0.29, 0.717) is 5.92 Å². The van der Waals surface area contributed by atoms with Crippen LogP contribution in [0.5, 0.6) is 0 Å². The molecule has 0 saturated carbocycles. The third kappa shape index (κ3) is 4.04. The van der Waals surface area contributed by atoms with Gasteiger partial charge in [-0.15, -0.1) is 11.3 Å². The third-order valence-electron chi connectivity index (χ3n) is 3.60. The summed E-state index contributed by atoms with van der Waals surface area (Å²) in [5.74, 6) is 0.639. The van der Waals surface area contributed by atoms with Crippen LogP contribution in [0, 0.1) is 0 Å². The predicted molar refractivity (Wildman–Crippen MR) is 78.2 cm³/mol. The van der Waals surface area contributed by atoms with E-state index in [4.69, 9.17) is 10.7 Å². The van der Waals surface area contributed by atoms with E-state index in [2.05, 4.69) is 31.2 Å². The zero-order valence-electron chi connectivity index (χ0n) is 11.8. The van der Waals surface area contributed by atoms with Gasteiger partial charge in [0, 0.05) is 29.8 Å². The number of thiazole rings is 1. The molecule has 2 heterocycles. The van der Waals surface area contributed by atoms with E-state index in [9.17, 15) is 0 Å². The molecule has 0 amide bonds. The van der Waals surface area contributed by atoms with Gasteiger partial charge in [-0.05, 0) is 46.7 Å². The van der Waals surface area contributed by atoms with Crippen molar-refractivity contribution < 1.29 is 0 Å². The van der Waals surface area contributed by atoms with Gasteiger partial charge in [-0.1, -0.05) is 0 Å². The minimum atomic E-state index is -0.0864. The Hall–Kier alpha value is -0.450. The van der Waals surface area contributed by atoms with Crippen molar-refractivity contribution in [2.24, 2.45) is 5.73 Å². The fourth-order valence-corrected chi connectivity index (χ4v) is 3.34. The maximum Gasteiger partial charge on any atom is 0.0929 e. The van der Waals surface area contributed by atoms with E-state index in [1.54, 1.807) is 11.3 Å². The molecule has 0 spiro atoms. The van der Waals surface area contributed by atoms with Crippen LogP contribution >= 0.6 is 11.3 Å². The number of nitrogens with zero attached hydrogens (tertiary/aromatic N) is 2. The zero-order valence-corrected chi connectivity index (χ0v) is 12.6. The van der Waals surface area contributed by atoms with Crippen LogP contribution in [0.3, 0.4) is 0 Å². The van der Waals surface area contributed by atoms with Gasteiger partial charge in [0.1, 0.15) is 0 Å². The molecule has 2 N–H and O–H groups in total. The lowest BCUT2D eigenvalue weighted by atomic mass is 9.96. The topological polar surface area (TPSA) is 42.1 Å². The normalized spacial score (nSPS) is 22.3. The first-order valence-corrected chi connectivity index (χ1v) is 7.74. The summed E-state index contributed by atoms with van der Waals surface area (Å²) in [5, 5.41) is 3.50. The molecule has 3 nitrogen and oxygen atoms in total. The highest BCUT2D eigenvalue weighted by Gasteiger charge is 2.21. The first-order valence-electron chi connectivity index (χ1n) is 6.86. The summed E-state index contributed by atoms with van der Waals surface area (Å²) < 4.78 is 0. The molecule has 1 aliphatic rings. The summed E-state index contributed by atoms with van der Waals surface area (Å²) >= 11 is 1.80. The van der Waals surface area contributed by atoms with Crippen molar-refractivity contribution in [3.05, 3.63) is 16.1 Å². The van der Waals surface area contributed by atoms with Crippen molar-refractivity contribution in [1.82, 2.24) is 9.88 Å². The molecule has 1 saturated heterocycles. The Balaban J connectivity index is 1.93. The number of hydrogen-bond donors (Lipinski definition) is 1. The Kier molecular flexibility index (Phi) is 4.41. The van der Waals surface area contributed by atoms with Gasteiger partial charge in [0.15, 0.2) is 0 Å². The average molecular weight is 267 g/mol. The molecule has 0 bridgehead atoms. The molecule has 18 heavy (non-hydrogen) atoms. The maximum absolute atomic E-state index is 6.02. The SMILES string of the molecule is CN1CCCC(c2csc(CCC(C)(C)N)n2)C1. The number of nitrogens with two attached hydrogens (primary N) is 1. The average Bonchev–Trinajstić information content (AvgIpc) is 2.74. The Morgan fingerprint density at radius 3 is 3.00 bits per heavy atom. The van der Waals surface area contributed by atoms with E-state index in [1.807, 2.05) is 0 Å². The van der Waals surface area contributed by atoms with Gasteiger partial charge in [-0.3, -0.25) is 0 Å². The van der Waals surface area contributed by atoms with Crippen LogP contribution in [-0.2, 0) is 6.42 Å². The van der Waals surface area contributed by atoms with Crippen LogP contribution in [0.1, 0.15) is 49.7 Å². The summed E-state index contributed by atoms with van der Waals surface area (Å²) in [7, 11) is 2.20. The number of hydrogen-bond acceptors (Lipinski definition) is 4. The van der Waals surface area contributed by atoms with E-state index in [1.165, 1.54) is 30.1 Å². The molecule has 1 atom stereocenters. The number of likely N-dealkylation sites (tertiary alicyclic amines) is 1.